The van der Waals surface area contributed by atoms with Crippen LogP contribution in [0.5, 0.6) is 0 Å². The van der Waals surface area contributed by atoms with Gasteiger partial charge >= 0.3 is 0 Å². The molecule has 2 unspecified atom stereocenters. The maximum atomic E-state index is 6.10. The molecule has 1 aromatic rings. The van der Waals surface area contributed by atoms with Crippen LogP contribution in [0.25, 0.3) is 0 Å². The van der Waals surface area contributed by atoms with Crippen molar-refractivity contribution >= 4 is 5.69 Å². The molecule has 1 aliphatic rings. The van der Waals surface area contributed by atoms with Gasteiger partial charge in [-0.15, -0.1) is 0 Å². The molecule has 2 N–H and O–H groups in total. The van der Waals surface area contributed by atoms with Crippen LogP contribution >= 0.6 is 0 Å². The van der Waals surface area contributed by atoms with Crippen molar-refractivity contribution in [1.82, 2.24) is 0 Å². The van der Waals surface area contributed by atoms with E-state index in [1.807, 2.05) is 0 Å². The largest absolute Gasteiger partial charge is 0.381 e. The second-order valence-electron chi connectivity index (χ2n) is 5.20. The van der Waals surface area contributed by atoms with Gasteiger partial charge in [0.15, 0.2) is 0 Å². The number of nitrogens with two attached hydrogens (primary N) is 1. The first-order chi connectivity index (χ1) is 8.72. The average molecular weight is 248 g/mol. The Morgan fingerprint density at radius 1 is 1.39 bits per heavy atom. The smallest absolute Gasteiger partial charge is 0.0546 e. The Morgan fingerprint density at radius 3 is 2.61 bits per heavy atom. The van der Waals surface area contributed by atoms with Gasteiger partial charge in [0.05, 0.1) is 12.1 Å². The zero-order valence-electron chi connectivity index (χ0n) is 11.4. The molecule has 100 valence electrons. The summed E-state index contributed by atoms with van der Waals surface area (Å²) in [5.74, 6) is 0.516. The highest BCUT2D eigenvalue weighted by molar-refractivity contribution is 5.49. The molecule has 2 rings (SSSR count). The van der Waals surface area contributed by atoms with E-state index >= 15 is 0 Å². The van der Waals surface area contributed by atoms with Crippen molar-refractivity contribution in [3.05, 3.63) is 30.3 Å². The second-order valence-corrected chi connectivity index (χ2v) is 5.20. The van der Waals surface area contributed by atoms with Crippen LogP contribution in [0, 0.1) is 5.92 Å². The molecule has 1 heterocycles. The van der Waals surface area contributed by atoms with Gasteiger partial charge in [-0.1, -0.05) is 18.2 Å². The second kappa shape index (κ2) is 5.72. The minimum atomic E-state index is -0.0212. The zero-order valence-corrected chi connectivity index (χ0v) is 11.4. The van der Waals surface area contributed by atoms with Crippen LogP contribution in [-0.4, -0.2) is 31.8 Å². The molecule has 0 radical (unpaired) electrons. The van der Waals surface area contributed by atoms with E-state index < -0.39 is 0 Å². The van der Waals surface area contributed by atoms with Crippen LogP contribution in [0.15, 0.2) is 30.3 Å². The number of hydrogen-bond acceptors (Lipinski definition) is 3. The van der Waals surface area contributed by atoms with Gasteiger partial charge in [0.1, 0.15) is 0 Å². The number of rotatable bonds is 5. The minimum Gasteiger partial charge on any atom is -0.381 e. The van der Waals surface area contributed by atoms with Crippen molar-refractivity contribution in [3.8, 4) is 0 Å². The highest BCUT2D eigenvalue weighted by Crippen LogP contribution is 2.33. The van der Waals surface area contributed by atoms with E-state index in [0.717, 1.165) is 26.2 Å². The molecule has 2 atom stereocenters. The van der Waals surface area contributed by atoms with Crippen LogP contribution in [0.4, 0.5) is 5.69 Å². The molecule has 0 bridgehead atoms. The zero-order chi connectivity index (χ0) is 13.0. The van der Waals surface area contributed by atoms with Gasteiger partial charge in [-0.25, -0.2) is 0 Å². The van der Waals surface area contributed by atoms with Crippen molar-refractivity contribution < 1.29 is 4.74 Å². The topological polar surface area (TPSA) is 38.5 Å². The molecule has 0 aromatic heterocycles. The van der Waals surface area contributed by atoms with Crippen LogP contribution in [0.2, 0.25) is 0 Å². The van der Waals surface area contributed by atoms with Crippen LogP contribution in [0.3, 0.4) is 0 Å². The van der Waals surface area contributed by atoms with Crippen molar-refractivity contribution in [2.75, 3.05) is 31.2 Å². The Hall–Kier alpha value is -1.06. The Morgan fingerprint density at radius 2 is 2.11 bits per heavy atom. The number of likely N-dealkylation sites (N-methyl/N-ethyl adjacent to an activating group) is 1. The quantitative estimate of drug-likeness (QED) is 0.868. The maximum Gasteiger partial charge on any atom is 0.0546 e. The van der Waals surface area contributed by atoms with E-state index in [2.05, 4.69) is 49.1 Å². The maximum absolute atomic E-state index is 6.10. The molecular weight excluding hydrogens is 224 g/mol. The highest BCUT2D eigenvalue weighted by Gasteiger charge is 2.40. The Bertz CT molecular complexity index is 362. The molecule has 3 heteroatoms. The van der Waals surface area contributed by atoms with E-state index in [9.17, 15) is 0 Å². The predicted octanol–water partition coefficient (Wildman–Crippen LogP) is 2.27. The monoisotopic (exact) mass is 248 g/mol. The molecule has 0 spiro atoms. The molecular formula is C15H24N2O. The SMILES string of the molecule is CCN(c1ccccc1)C(C)(CN)C1CCOC1. The normalized spacial score (nSPS) is 22.7. The lowest BCUT2D eigenvalue weighted by atomic mass is 9.82. The highest BCUT2D eigenvalue weighted by atomic mass is 16.5. The van der Waals surface area contributed by atoms with Gasteiger partial charge in [0.2, 0.25) is 0 Å². The van der Waals surface area contributed by atoms with Crippen LogP contribution in [0.1, 0.15) is 20.3 Å². The number of ether oxygens (including phenoxy) is 1. The standard InChI is InChI=1S/C15H24N2O/c1-3-17(14-7-5-4-6-8-14)15(2,12-16)13-9-10-18-11-13/h4-8,13H,3,9-12,16H2,1-2H3. The van der Waals surface area contributed by atoms with Gasteiger partial charge in [0, 0.05) is 31.3 Å². The van der Waals surface area contributed by atoms with E-state index in [-0.39, 0.29) is 5.54 Å². The first-order valence-electron chi connectivity index (χ1n) is 6.83. The van der Waals surface area contributed by atoms with Crippen molar-refractivity contribution in [1.29, 1.82) is 0 Å². The average Bonchev–Trinajstić information content (AvgIpc) is 2.95. The first kappa shape index (κ1) is 13.4. The van der Waals surface area contributed by atoms with E-state index in [1.54, 1.807) is 0 Å². The summed E-state index contributed by atoms with van der Waals surface area (Å²) in [6, 6.07) is 10.5. The van der Waals surface area contributed by atoms with Crippen molar-refractivity contribution in [2.45, 2.75) is 25.8 Å². The summed E-state index contributed by atoms with van der Waals surface area (Å²) in [6.45, 7) is 7.78. The summed E-state index contributed by atoms with van der Waals surface area (Å²) >= 11 is 0. The summed E-state index contributed by atoms with van der Waals surface area (Å²) in [5.41, 5.74) is 7.33. The first-order valence-corrected chi connectivity index (χ1v) is 6.83. The molecule has 1 saturated heterocycles. The molecule has 1 aromatic carbocycles. The molecule has 1 aliphatic heterocycles. The number of anilines is 1. The Balaban J connectivity index is 2.28. The lowest BCUT2D eigenvalue weighted by molar-refractivity contribution is 0.165. The molecule has 0 aliphatic carbocycles. The summed E-state index contributed by atoms with van der Waals surface area (Å²) in [6.07, 6.45) is 1.11. The van der Waals surface area contributed by atoms with Gasteiger partial charge in [-0.3, -0.25) is 0 Å². The summed E-state index contributed by atoms with van der Waals surface area (Å²) in [5, 5.41) is 0. The third-order valence-corrected chi connectivity index (χ3v) is 4.22. The van der Waals surface area contributed by atoms with E-state index in [1.165, 1.54) is 5.69 Å². The Labute approximate surface area is 110 Å². The fourth-order valence-corrected chi connectivity index (χ4v) is 2.97. The number of benzene rings is 1. The van der Waals surface area contributed by atoms with Gasteiger partial charge in [0.25, 0.3) is 0 Å². The molecule has 0 amide bonds. The summed E-state index contributed by atoms with van der Waals surface area (Å²) in [4.78, 5) is 2.42. The van der Waals surface area contributed by atoms with Crippen molar-refractivity contribution in [2.24, 2.45) is 11.7 Å². The molecule has 3 nitrogen and oxygen atoms in total. The van der Waals surface area contributed by atoms with Gasteiger partial charge < -0.3 is 15.4 Å². The van der Waals surface area contributed by atoms with Gasteiger partial charge in [-0.05, 0) is 32.4 Å². The van der Waals surface area contributed by atoms with Gasteiger partial charge in [-0.2, -0.15) is 0 Å². The minimum absolute atomic E-state index is 0.0212. The fraction of sp³-hybridized carbons (Fsp3) is 0.600. The fourth-order valence-electron chi connectivity index (χ4n) is 2.97. The lowest BCUT2D eigenvalue weighted by Crippen LogP contribution is -2.57. The number of nitrogens with zero attached hydrogens (tertiary/aromatic N) is 1. The third kappa shape index (κ3) is 2.38. The molecule has 1 fully saturated rings. The number of para-hydroxylation sites is 1. The Kier molecular flexibility index (Phi) is 4.25. The van der Waals surface area contributed by atoms with E-state index in [4.69, 9.17) is 10.5 Å². The molecule has 18 heavy (non-hydrogen) atoms. The number of hydrogen-bond donors (Lipinski definition) is 1. The lowest BCUT2D eigenvalue weighted by Gasteiger charge is -2.45. The van der Waals surface area contributed by atoms with Crippen molar-refractivity contribution in [3.63, 3.8) is 0 Å². The van der Waals surface area contributed by atoms with E-state index in [0.29, 0.717) is 12.5 Å². The van der Waals surface area contributed by atoms with Crippen LogP contribution in [-0.2, 0) is 4.74 Å². The predicted molar refractivity (Wildman–Crippen MR) is 75.8 cm³/mol. The summed E-state index contributed by atoms with van der Waals surface area (Å²) < 4.78 is 5.55. The summed E-state index contributed by atoms with van der Waals surface area (Å²) in [7, 11) is 0. The van der Waals surface area contributed by atoms with Crippen LogP contribution < -0.4 is 10.6 Å². The molecule has 0 saturated carbocycles. The third-order valence-electron chi connectivity index (χ3n) is 4.22.